The van der Waals surface area contributed by atoms with Gasteiger partial charge in [-0.05, 0) is 77.0 Å². The van der Waals surface area contributed by atoms with E-state index in [9.17, 15) is 0 Å². The highest BCUT2D eigenvalue weighted by Gasteiger charge is 2.17. The molecule has 270 valence electrons. The number of amidine groups is 2. The molecule has 0 saturated heterocycles. The summed E-state index contributed by atoms with van der Waals surface area (Å²) in [6.45, 7) is 4.39. The maximum absolute atomic E-state index is 6.24. The number of aromatic nitrogens is 1. The second-order valence-corrected chi connectivity index (χ2v) is 14.1. The monoisotopic (exact) mass is 732 g/mol. The molecule has 0 amide bonds. The quantitative estimate of drug-likeness (QED) is 0.119. The number of nitrogens with zero attached hydrogens (tertiary/aromatic N) is 4. The van der Waals surface area contributed by atoms with Crippen LogP contribution in [0.2, 0.25) is 0 Å². The van der Waals surface area contributed by atoms with E-state index in [1.807, 2.05) is 60.7 Å². The van der Waals surface area contributed by atoms with Crippen molar-refractivity contribution in [3.8, 4) is 27.9 Å². The lowest BCUT2D eigenvalue weighted by molar-refractivity contribution is 0.669. The lowest BCUT2D eigenvalue weighted by Crippen LogP contribution is -2.05. The van der Waals surface area contributed by atoms with E-state index in [1.165, 1.54) is 10.8 Å². The number of benzene rings is 8. The maximum atomic E-state index is 6.24. The van der Waals surface area contributed by atoms with E-state index in [0.717, 1.165) is 77.6 Å². The van der Waals surface area contributed by atoms with Crippen molar-refractivity contribution >= 4 is 62.1 Å². The van der Waals surface area contributed by atoms with Crippen LogP contribution in [0.25, 0.3) is 71.7 Å². The number of hydrogen-bond acceptors (Lipinski definition) is 2. The Balaban J connectivity index is 1.01. The molecule has 8 aromatic carbocycles. The van der Waals surface area contributed by atoms with E-state index in [4.69, 9.17) is 14.4 Å². The van der Waals surface area contributed by atoms with Crippen LogP contribution in [0.15, 0.2) is 214 Å². The van der Waals surface area contributed by atoms with Gasteiger partial charge in [-0.15, -0.1) is 0 Å². The summed E-state index contributed by atoms with van der Waals surface area (Å²) in [6, 6.07) is 67.4. The molecule has 0 aliphatic rings. The van der Waals surface area contributed by atoms with Gasteiger partial charge in [0, 0.05) is 38.4 Å². The Labute approximate surface area is 330 Å². The predicted molar refractivity (Wildman–Crippen MR) is 238 cm³/mol. The first-order chi connectivity index (χ1) is 28.2. The summed E-state index contributed by atoms with van der Waals surface area (Å²) in [5.74, 6) is 1.14. The number of furan rings is 1. The van der Waals surface area contributed by atoms with Crippen LogP contribution in [0.4, 0.5) is 0 Å². The van der Waals surface area contributed by atoms with Crippen molar-refractivity contribution in [2.75, 3.05) is 0 Å². The SMILES string of the molecule is C=N/C(=N\C(=N/Cc1ccccc1)c1ccccc1)c1ccc(-c2cccc(-n3c4ccccc4c4cc(-c5cccc6oc7ccccc7c56)ccc43)c2)cc1. The molecule has 10 aromatic rings. The fraction of sp³-hybridized carbons (Fsp3) is 0.0192. The molecular formula is C52H36N4O. The fourth-order valence-corrected chi connectivity index (χ4v) is 7.89. The smallest absolute Gasteiger partial charge is 0.161 e. The minimum Gasteiger partial charge on any atom is -0.456 e. The summed E-state index contributed by atoms with van der Waals surface area (Å²) in [5, 5.41) is 4.68. The molecular weight excluding hydrogens is 697 g/mol. The fourth-order valence-electron chi connectivity index (χ4n) is 7.89. The van der Waals surface area contributed by atoms with Gasteiger partial charge in [0.15, 0.2) is 11.7 Å². The molecule has 0 spiro atoms. The molecule has 2 heterocycles. The molecule has 0 unspecified atom stereocenters. The maximum Gasteiger partial charge on any atom is 0.161 e. The van der Waals surface area contributed by atoms with Gasteiger partial charge in [0.1, 0.15) is 11.2 Å². The Bertz CT molecular complexity index is 3150. The molecule has 0 saturated carbocycles. The highest BCUT2D eigenvalue weighted by atomic mass is 16.3. The number of aliphatic imine (C=N–C) groups is 3. The van der Waals surface area contributed by atoms with Crippen LogP contribution in [0.1, 0.15) is 16.7 Å². The van der Waals surface area contributed by atoms with Gasteiger partial charge < -0.3 is 8.98 Å². The Morgan fingerprint density at radius 2 is 1.16 bits per heavy atom. The average Bonchev–Trinajstić information content (AvgIpc) is 3.83. The van der Waals surface area contributed by atoms with Crippen LogP contribution in [0, 0.1) is 0 Å². The summed E-state index contributed by atoms with van der Waals surface area (Å²) >= 11 is 0. The van der Waals surface area contributed by atoms with Crippen LogP contribution >= 0.6 is 0 Å². The first kappa shape index (κ1) is 33.9. The van der Waals surface area contributed by atoms with Crippen LogP contribution in [-0.4, -0.2) is 23.0 Å². The molecule has 0 aliphatic carbocycles. The average molecular weight is 733 g/mol. The normalized spacial score (nSPS) is 12.2. The minimum atomic E-state index is 0.515. The zero-order valence-electron chi connectivity index (χ0n) is 31.1. The molecule has 57 heavy (non-hydrogen) atoms. The Morgan fingerprint density at radius 1 is 0.491 bits per heavy atom. The Hall–Kier alpha value is -7.63. The van der Waals surface area contributed by atoms with Crippen molar-refractivity contribution in [2.45, 2.75) is 6.54 Å². The van der Waals surface area contributed by atoms with Crippen LogP contribution in [0.3, 0.4) is 0 Å². The third-order valence-corrected chi connectivity index (χ3v) is 10.6. The summed E-state index contributed by atoms with van der Waals surface area (Å²) in [5.41, 5.74) is 12.6. The van der Waals surface area contributed by atoms with E-state index in [2.05, 4.69) is 150 Å². The van der Waals surface area contributed by atoms with Crippen molar-refractivity contribution in [1.29, 1.82) is 0 Å². The zero-order chi connectivity index (χ0) is 38.1. The lowest BCUT2D eigenvalue weighted by atomic mass is 9.98. The topological polar surface area (TPSA) is 55.1 Å². The Morgan fingerprint density at radius 3 is 1.98 bits per heavy atom. The summed E-state index contributed by atoms with van der Waals surface area (Å²) in [4.78, 5) is 14.2. The van der Waals surface area contributed by atoms with Gasteiger partial charge in [-0.3, -0.25) is 4.99 Å². The third kappa shape index (κ3) is 6.31. The molecule has 0 bridgehead atoms. The number of hydrogen-bond donors (Lipinski definition) is 0. The van der Waals surface area contributed by atoms with Gasteiger partial charge in [-0.1, -0.05) is 152 Å². The van der Waals surface area contributed by atoms with E-state index >= 15 is 0 Å². The van der Waals surface area contributed by atoms with Crippen LogP contribution in [0.5, 0.6) is 0 Å². The van der Waals surface area contributed by atoms with Crippen LogP contribution < -0.4 is 0 Å². The van der Waals surface area contributed by atoms with E-state index in [1.54, 1.807) is 0 Å². The molecule has 0 aliphatic heterocycles. The van der Waals surface area contributed by atoms with Gasteiger partial charge in [0.2, 0.25) is 0 Å². The molecule has 0 radical (unpaired) electrons. The molecule has 10 rings (SSSR count). The number of rotatable bonds is 7. The van der Waals surface area contributed by atoms with Gasteiger partial charge >= 0.3 is 0 Å². The standard InChI is InChI=1S/C52H36N4O/c1-53-51(55-52(37-16-6-3-7-17-37)54-34-35-14-4-2-5-15-35)38-28-26-36(27-29-38)39-18-12-19-41(32-39)56-46-23-10-8-20-43(46)45-33-40(30-31-47(45)56)42-22-13-25-49-50(42)44-21-9-11-24-48(44)57-49/h2-33H,1,34H2/b54-52-,55-51-. The highest BCUT2D eigenvalue weighted by Crippen LogP contribution is 2.40. The van der Waals surface area contributed by atoms with Crippen LogP contribution in [-0.2, 0) is 6.54 Å². The van der Waals surface area contributed by atoms with Crippen molar-refractivity contribution in [1.82, 2.24) is 4.57 Å². The van der Waals surface area contributed by atoms with E-state index < -0.39 is 0 Å². The van der Waals surface area contributed by atoms with Gasteiger partial charge in [-0.2, -0.15) is 0 Å². The molecule has 0 fully saturated rings. The van der Waals surface area contributed by atoms with E-state index in [-0.39, 0.29) is 0 Å². The van der Waals surface area contributed by atoms with Crippen molar-refractivity contribution in [3.63, 3.8) is 0 Å². The van der Waals surface area contributed by atoms with Crippen molar-refractivity contribution < 1.29 is 4.42 Å². The summed E-state index contributed by atoms with van der Waals surface area (Å²) in [6.07, 6.45) is 0. The largest absolute Gasteiger partial charge is 0.456 e. The molecule has 5 nitrogen and oxygen atoms in total. The Kier molecular flexibility index (Phi) is 8.65. The predicted octanol–water partition coefficient (Wildman–Crippen LogP) is 13.1. The van der Waals surface area contributed by atoms with Gasteiger partial charge in [0.05, 0.1) is 17.6 Å². The summed E-state index contributed by atoms with van der Waals surface area (Å²) in [7, 11) is 0. The molecule has 5 heteroatoms. The highest BCUT2D eigenvalue weighted by molar-refractivity contribution is 6.15. The van der Waals surface area contributed by atoms with Crippen molar-refractivity contribution in [3.05, 3.63) is 211 Å². The first-order valence-electron chi connectivity index (χ1n) is 19.1. The van der Waals surface area contributed by atoms with Crippen molar-refractivity contribution in [2.24, 2.45) is 15.0 Å². The molecule has 0 N–H and O–H groups in total. The number of para-hydroxylation sites is 2. The second-order valence-electron chi connectivity index (χ2n) is 14.1. The lowest BCUT2D eigenvalue weighted by Gasteiger charge is -2.11. The molecule has 2 aromatic heterocycles. The van der Waals surface area contributed by atoms with Gasteiger partial charge in [0.25, 0.3) is 0 Å². The van der Waals surface area contributed by atoms with Gasteiger partial charge in [-0.25, -0.2) is 9.98 Å². The molecule has 0 atom stereocenters. The second kappa shape index (κ2) is 14.5. The zero-order valence-corrected chi connectivity index (χ0v) is 31.1. The minimum absolute atomic E-state index is 0.515. The third-order valence-electron chi connectivity index (χ3n) is 10.6. The first-order valence-corrected chi connectivity index (χ1v) is 19.1. The summed E-state index contributed by atoms with van der Waals surface area (Å²) < 4.78 is 8.61. The number of fused-ring (bicyclic) bond motifs is 6. The van der Waals surface area contributed by atoms with E-state index in [0.29, 0.717) is 18.2 Å².